The number of hydrogen-bond acceptors (Lipinski definition) is 5. The molecule has 1 aliphatic heterocycles. The van der Waals surface area contributed by atoms with E-state index in [0.29, 0.717) is 0 Å². The lowest BCUT2D eigenvalue weighted by atomic mass is 9.80. The molecule has 184 valence electrons. The van der Waals surface area contributed by atoms with E-state index in [0.717, 1.165) is 68.2 Å². The van der Waals surface area contributed by atoms with Crippen molar-refractivity contribution in [3.8, 4) is 11.5 Å². The summed E-state index contributed by atoms with van der Waals surface area (Å²) in [5.74, 6) is 1.73. The number of aliphatic hydroxyl groups excluding tert-OH is 1. The summed E-state index contributed by atoms with van der Waals surface area (Å²) >= 11 is 0. The molecule has 1 saturated heterocycles. The molecule has 0 spiro atoms. The number of nitrogens with zero attached hydrogens (tertiary/aromatic N) is 2. The fourth-order valence-electron chi connectivity index (χ4n) is 5.89. The minimum atomic E-state index is -0.474. The van der Waals surface area contributed by atoms with Crippen molar-refractivity contribution in [1.29, 1.82) is 0 Å². The molecule has 2 unspecified atom stereocenters. The molecule has 0 saturated carbocycles. The Morgan fingerprint density at radius 2 is 1.46 bits per heavy atom. The number of piperazine rings is 1. The molecule has 0 radical (unpaired) electrons. The van der Waals surface area contributed by atoms with E-state index in [2.05, 4.69) is 70.5 Å². The molecule has 1 N–H and O–H groups in total. The first-order chi connectivity index (χ1) is 17.2. The zero-order valence-electron chi connectivity index (χ0n) is 20.8. The predicted octanol–water partition coefficient (Wildman–Crippen LogP) is 4.71. The lowest BCUT2D eigenvalue weighted by Gasteiger charge is -2.42. The van der Waals surface area contributed by atoms with Gasteiger partial charge in [-0.25, -0.2) is 0 Å². The highest BCUT2D eigenvalue weighted by Gasteiger charge is 2.34. The Kier molecular flexibility index (Phi) is 7.37. The maximum absolute atomic E-state index is 11.2. The second-order valence-electron chi connectivity index (χ2n) is 9.67. The molecule has 2 atom stereocenters. The summed E-state index contributed by atoms with van der Waals surface area (Å²) < 4.78 is 11.1. The number of ether oxygens (including phenoxy) is 2. The van der Waals surface area contributed by atoms with Gasteiger partial charge >= 0.3 is 0 Å². The van der Waals surface area contributed by atoms with Crippen LogP contribution in [0, 0.1) is 5.92 Å². The van der Waals surface area contributed by atoms with Crippen molar-refractivity contribution in [3.05, 3.63) is 95.1 Å². The quantitative estimate of drug-likeness (QED) is 0.540. The summed E-state index contributed by atoms with van der Waals surface area (Å²) in [6.07, 6.45) is 1.38. The zero-order valence-corrected chi connectivity index (χ0v) is 20.8. The summed E-state index contributed by atoms with van der Waals surface area (Å²) in [7, 11) is 3.33. The first kappa shape index (κ1) is 23.9. The number of rotatable bonds is 7. The fraction of sp³-hybridized carbons (Fsp3) is 0.400. The smallest absolute Gasteiger partial charge is 0.164 e. The molecule has 5 heteroatoms. The maximum atomic E-state index is 11.2. The molecule has 0 bridgehead atoms. The van der Waals surface area contributed by atoms with Crippen molar-refractivity contribution < 1.29 is 14.6 Å². The van der Waals surface area contributed by atoms with E-state index in [9.17, 15) is 5.11 Å². The number of methoxy groups -OCH3 is 2. The summed E-state index contributed by atoms with van der Waals surface area (Å²) in [4.78, 5) is 5.13. The molecule has 0 amide bonds. The summed E-state index contributed by atoms with van der Waals surface area (Å²) in [5, 5.41) is 11.2. The minimum Gasteiger partial charge on any atom is -0.493 e. The van der Waals surface area contributed by atoms with Gasteiger partial charge in [-0.05, 0) is 35.6 Å². The number of aliphatic hydroxyl groups is 1. The van der Waals surface area contributed by atoms with Gasteiger partial charge in [-0.2, -0.15) is 0 Å². The molecule has 1 heterocycles. The van der Waals surface area contributed by atoms with E-state index in [1.807, 2.05) is 12.1 Å². The van der Waals surface area contributed by atoms with Crippen LogP contribution in [0.1, 0.15) is 40.8 Å². The zero-order chi connectivity index (χ0) is 24.2. The van der Waals surface area contributed by atoms with E-state index in [1.165, 1.54) is 11.1 Å². The molecular formula is C30H36N2O3. The Labute approximate surface area is 208 Å². The van der Waals surface area contributed by atoms with E-state index >= 15 is 0 Å². The molecule has 5 nitrogen and oxygen atoms in total. The second-order valence-corrected chi connectivity index (χ2v) is 9.67. The Balaban J connectivity index is 1.26. The Morgan fingerprint density at radius 3 is 2.03 bits per heavy atom. The van der Waals surface area contributed by atoms with E-state index in [-0.39, 0.29) is 12.0 Å². The van der Waals surface area contributed by atoms with E-state index in [1.54, 1.807) is 14.2 Å². The molecule has 35 heavy (non-hydrogen) atoms. The van der Waals surface area contributed by atoms with Crippen LogP contribution in [0.5, 0.6) is 11.5 Å². The standard InChI is InChI=1S/C30H36N2O3/c1-34-27-16-15-25-26(30(27)35-2)14-13-24(29(25)33)21-31-17-19-32(20-18-31)28(22-9-5-3-6-10-22)23-11-7-4-8-12-23/h3-12,15-16,24,28-29,33H,13-14,17-21H2,1-2H3. The lowest BCUT2D eigenvalue weighted by Crippen LogP contribution is -2.49. The van der Waals surface area contributed by atoms with Gasteiger partial charge in [0.05, 0.1) is 26.4 Å². The van der Waals surface area contributed by atoms with Gasteiger partial charge in [-0.15, -0.1) is 0 Å². The molecule has 3 aromatic rings. The average molecular weight is 473 g/mol. The minimum absolute atomic E-state index is 0.228. The first-order valence-corrected chi connectivity index (χ1v) is 12.7. The molecule has 2 aliphatic rings. The van der Waals surface area contributed by atoms with Gasteiger partial charge in [0.2, 0.25) is 0 Å². The van der Waals surface area contributed by atoms with Crippen LogP contribution in [0.25, 0.3) is 0 Å². The fourth-order valence-corrected chi connectivity index (χ4v) is 5.89. The SMILES string of the molecule is COc1ccc2c(c1OC)CCC(CN1CCN(C(c3ccccc3)c3ccccc3)CC1)C2O. The molecule has 0 aromatic heterocycles. The lowest BCUT2D eigenvalue weighted by molar-refractivity contribution is 0.0417. The number of fused-ring (bicyclic) bond motifs is 1. The van der Waals surface area contributed by atoms with E-state index < -0.39 is 6.10 Å². The van der Waals surface area contributed by atoms with Gasteiger partial charge in [0.1, 0.15) is 0 Å². The Morgan fingerprint density at radius 1 is 0.829 bits per heavy atom. The first-order valence-electron chi connectivity index (χ1n) is 12.7. The third kappa shape index (κ3) is 4.94. The Hall–Kier alpha value is -2.86. The molecule has 3 aromatic carbocycles. The van der Waals surface area contributed by atoms with Gasteiger partial charge < -0.3 is 19.5 Å². The van der Waals surface area contributed by atoms with Crippen molar-refractivity contribution >= 4 is 0 Å². The maximum Gasteiger partial charge on any atom is 0.164 e. The normalized spacial score (nSPS) is 21.0. The van der Waals surface area contributed by atoms with Crippen LogP contribution in [0.4, 0.5) is 0 Å². The molecule has 1 fully saturated rings. The van der Waals surface area contributed by atoms with Crippen LogP contribution >= 0.6 is 0 Å². The van der Waals surface area contributed by atoms with Gasteiger partial charge in [0, 0.05) is 44.2 Å². The monoisotopic (exact) mass is 472 g/mol. The molecule has 5 rings (SSSR count). The van der Waals surface area contributed by atoms with Crippen LogP contribution in [0.15, 0.2) is 72.8 Å². The average Bonchev–Trinajstić information content (AvgIpc) is 2.92. The highest BCUT2D eigenvalue weighted by molar-refractivity contribution is 5.52. The topological polar surface area (TPSA) is 45.2 Å². The van der Waals surface area contributed by atoms with Gasteiger partial charge in [0.25, 0.3) is 0 Å². The van der Waals surface area contributed by atoms with Crippen molar-refractivity contribution in [2.75, 3.05) is 46.9 Å². The summed E-state index contributed by atoms with van der Waals surface area (Å²) in [5.41, 5.74) is 4.77. The van der Waals surface area contributed by atoms with E-state index in [4.69, 9.17) is 9.47 Å². The Bertz CT molecular complexity index is 1060. The molecular weight excluding hydrogens is 436 g/mol. The van der Waals surface area contributed by atoms with Gasteiger partial charge in [-0.1, -0.05) is 66.7 Å². The highest BCUT2D eigenvalue weighted by Crippen LogP contribution is 2.43. The highest BCUT2D eigenvalue weighted by atomic mass is 16.5. The number of benzene rings is 3. The second kappa shape index (κ2) is 10.8. The van der Waals surface area contributed by atoms with Crippen molar-refractivity contribution in [1.82, 2.24) is 9.80 Å². The van der Waals surface area contributed by atoms with Gasteiger partial charge in [0.15, 0.2) is 11.5 Å². The van der Waals surface area contributed by atoms with Crippen LogP contribution in [0.3, 0.4) is 0 Å². The van der Waals surface area contributed by atoms with Crippen molar-refractivity contribution in [2.45, 2.75) is 25.0 Å². The molecule has 1 aliphatic carbocycles. The largest absolute Gasteiger partial charge is 0.493 e. The summed E-state index contributed by atoms with van der Waals surface area (Å²) in [6, 6.07) is 25.9. The third-order valence-corrected chi connectivity index (χ3v) is 7.71. The third-order valence-electron chi connectivity index (χ3n) is 7.71. The van der Waals surface area contributed by atoms with Crippen LogP contribution in [-0.4, -0.2) is 61.8 Å². The predicted molar refractivity (Wildman–Crippen MR) is 139 cm³/mol. The van der Waals surface area contributed by atoms with Crippen molar-refractivity contribution in [3.63, 3.8) is 0 Å². The van der Waals surface area contributed by atoms with Crippen LogP contribution in [-0.2, 0) is 6.42 Å². The van der Waals surface area contributed by atoms with Crippen LogP contribution < -0.4 is 9.47 Å². The van der Waals surface area contributed by atoms with Crippen LogP contribution in [0.2, 0.25) is 0 Å². The van der Waals surface area contributed by atoms with Crippen molar-refractivity contribution in [2.24, 2.45) is 5.92 Å². The summed E-state index contributed by atoms with van der Waals surface area (Å²) in [6.45, 7) is 4.97. The van der Waals surface area contributed by atoms with Gasteiger partial charge in [-0.3, -0.25) is 4.90 Å². The number of hydrogen-bond donors (Lipinski definition) is 1.